The Morgan fingerprint density at radius 1 is 1.35 bits per heavy atom. The van der Waals surface area contributed by atoms with Gasteiger partial charge in [-0.05, 0) is 26.0 Å². The number of ether oxygens (including phenoxy) is 1. The Bertz CT molecular complexity index is 959. The molecule has 7 nitrogen and oxygen atoms in total. The maximum atomic E-state index is 12.8. The molecular formula is C16H15F3N4O3. The number of rotatable bonds is 4. The molecule has 3 rings (SSSR count). The molecule has 0 aliphatic heterocycles. The fourth-order valence-electron chi connectivity index (χ4n) is 2.22. The highest BCUT2D eigenvalue weighted by Gasteiger charge is 2.35. The normalized spacial score (nSPS) is 12.0. The Labute approximate surface area is 145 Å². The third-order valence-electron chi connectivity index (χ3n) is 3.34. The molecule has 0 aliphatic carbocycles. The van der Waals surface area contributed by atoms with Gasteiger partial charge < -0.3 is 14.5 Å². The first kappa shape index (κ1) is 17.8. The molecule has 0 saturated heterocycles. The predicted octanol–water partition coefficient (Wildman–Crippen LogP) is 3.51. The van der Waals surface area contributed by atoms with Crippen LogP contribution in [-0.4, -0.2) is 26.7 Å². The number of hydrogen-bond acceptors (Lipinski definition) is 5. The zero-order valence-corrected chi connectivity index (χ0v) is 14.1. The molecule has 0 atom stereocenters. The zero-order valence-electron chi connectivity index (χ0n) is 14.1. The number of halogens is 3. The van der Waals surface area contributed by atoms with E-state index in [4.69, 9.17) is 9.15 Å². The van der Waals surface area contributed by atoms with E-state index in [0.29, 0.717) is 0 Å². The van der Waals surface area contributed by atoms with Crippen LogP contribution in [0.15, 0.2) is 28.7 Å². The van der Waals surface area contributed by atoms with Crippen LogP contribution in [0.5, 0.6) is 11.6 Å². The number of oxazole rings is 1. The highest BCUT2D eigenvalue weighted by molar-refractivity contribution is 5.93. The van der Waals surface area contributed by atoms with E-state index in [1.807, 2.05) is 0 Å². The summed E-state index contributed by atoms with van der Waals surface area (Å²) in [5, 5.41) is 6.03. The molecule has 1 amide bonds. The van der Waals surface area contributed by atoms with Gasteiger partial charge in [0.15, 0.2) is 22.5 Å². The van der Waals surface area contributed by atoms with Crippen LogP contribution in [0.3, 0.4) is 0 Å². The molecule has 1 N–H and O–H groups in total. The predicted molar refractivity (Wildman–Crippen MR) is 84.9 cm³/mol. The average molecular weight is 368 g/mol. The first-order valence-corrected chi connectivity index (χ1v) is 7.64. The Morgan fingerprint density at radius 2 is 2.08 bits per heavy atom. The van der Waals surface area contributed by atoms with Crippen LogP contribution in [0.4, 0.5) is 13.2 Å². The SMILES string of the molecule is CC(C)NC(=O)c1nc2c(Oc3cc(C(F)(F)F)nn3C)cccc2o1. The molecule has 2 aromatic heterocycles. The summed E-state index contributed by atoms with van der Waals surface area (Å²) in [6, 6.07) is 5.34. The highest BCUT2D eigenvalue weighted by atomic mass is 19.4. The number of aromatic nitrogens is 3. The second-order valence-corrected chi connectivity index (χ2v) is 5.84. The van der Waals surface area contributed by atoms with Gasteiger partial charge in [0.2, 0.25) is 5.88 Å². The number of nitrogens with zero attached hydrogens (tertiary/aromatic N) is 3. The van der Waals surface area contributed by atoms with Gasteiger partial charge in [-0.3, -0.25) is 4.79 Å². The van der Waals surface area contributed by atoms with E-state index < -0.39 is 17.8 Å². The monoisotopic (exact) mass is 368 g/mol. The lowest BCUT2D eigenvalue weighted by molar-refractivity contribution is -0.141. The van der Waals surface area contributed by atoms with Gasteiger partial charge in [0, 0.05) is 19.2 Å². The Balaban J connectivity index is 1.95. The Morgan fingerprint density at radius 3 is 2.69 bits per heavy atom. The second kappa shape index (κ2) is 6.36. The minimum atomic E-state index is -4.58. The molecule has 0 radical (unpaired) electrons. The molecule has 0 aliphatic rings. The Hall–Kier alpha value is -3.04. The number of carbonyl (C=O) groups is 1. The molecule has 0 fully saturated rings. The smallest absolute Gasteiger partial charge is 0.435 e. The van der Waals surface area contributed by atoms with E-state index in [2.05, 4.69) is 15.4 Å². The van der Waals surface area contributed by atoms with Crippen molar-refractivity contribution in [3.05, 3.63) is 35.9 Å². The number of aryl methyl sites for hydroxylation is 1. The topological polar surface area (TPSA) is 82.2 Å². The number of amides is 1. The van der Waals surface area contributed by atoms with Crippen LogP contribution in [0, 0.1) is 0 Å². The summed E-state index contributed by atoms with van der Waals surface area (Å²) in [6.07, 6.45) is -4.58. The third-order valence-corrected chi connectivity index (χ3v) is 3.34. The number of nitrogens with one attached hydrogen (secondary N) is 1. The fourth-order valence-corrected chi connectivity index (χ4v) is 2.22. The first-order valence-electron chi connectivity index (χ1n) is 7.64. The molecule has 3 aromatic rings. The number of para-hydroxylation sites is 1. The van der Waals surface area contributed by atoms with Crippen molar-refractivity contribution in [2.75, 3.05) is 0 Å². The van der Waals surface area contributed by atoms with E-state index >= 15 is 0 Å². The third kappa shape index (κ3) is 3.48. The lowest BCUT2D eigenvalue weighted by atomic mass is 10.3. The molecule has 26 heavy (non-hydrogen) atoms. The van der Waals surface area contributed by atoms with Crippen molar-refractivity contribution >= 4 is 17.0 Å². The minimum absolute atomic E-state index is 0.108. The summed E-state index contributed by atoms with van der Waals surface area (Å²) < 4.78 is 50.2. The number of fused-ring (bicyclic) bond motifs is 1. The van der Waals surface area contributed by atoms with Crippen molar-refractivity contribution in [2.45, 2.75) is 26.1 Å². The van der Waals surface area contributed by atoms with Crippen molar-refractivity contribution in [2.24, 2.45) is 7.05 Å². The van der Waals surface area contributed by atoms with Gasteiger partial charge in [-0.2, -0.15) is 18.3 Å². The molecule has 138 valence electrons. The van der Waals surface area contributed by atoms with E-state index in [1.165, 1.54) is 13.1 Å². The maximum Gasteiger partial charge on any atom is 0.435 e. The summed E-state index contributed by atoms with van der Waals surface area (Å²) >= 11 is 0. The van der Waals surface area contributed by atoms with E-state index in [1.54, 1.807) is 26.0 Å². The number of benzene rings is 1. The fraction of sp³-hybridized carbons (Fsp3) is 0.312. The Kier molecular flexibility index (Phi) is 4.34. The van der Waals surface area contributed by atoms with Gasteiger partial charge in [-0.15, -0.1) is 0 Å². The highest BCUT2D eigenvalue weighted by Crippen LogP contribution is 2.34. The summed E-state index contributed by atoms with van der Waals surface area (Å²) in [5.74, 6) is -0.639. The van der Waals surface area contributed by atoms with E-state index in [9.17, 15) is 18.0 Å². The molecule has 0 bridgehead atoms. The summed E-state index contributed by atoms with van der Waals surface area (Å²) in [7, 11) is 1.33. The molecule has 1 aromatic carbocycles. The van der Waals surface area contributed by atoms with E-state index in [0.717, 1.165) is 10.7 Å². The summed E-state index contributed by atoms with van der Waals surface area (Å²) in [4.78, 5) is 16.1. The van der Waals surface area contributed by atoms with Crippen LogP contribution in [0.1, 0.15) is 30.2 Å². The molecule has 10 heteroatoms. The van der Waals surface area contributed by atoms with Crippen LogP contribution < -0.4 is 10.1 Å². The van der Waals surface area contributed by atoms with Crippen molar-refractivity contribution in [3.63, 3.8) is 0 Å². The van der Waals surface area contributed by atoms with Crippen molar-refractivity contribution in [1.29, 1.82) is 0 Å². The lowest BCUT2D eigenvalue weighted by Gasteiger charge is -2.05. The standard InChI is InChI=1S/C16H15F3N4O3/c1-8(2)20-14(24)15-21-13-9(5-4-6-10(13)26-15)25-12-7-11(16(17,18)19)22-23(12)3/h4-8H,1-3H3,(H,20,24). The molecular weight excluding hydrogens is 353 g/mol. The number of hydrogen-bond donors (Lipinski definition) is 1. The maximum absolute atomic E-state index is 12.8. The van der Waals surface area contributed by atoms with Crippen molar-refractivity contribution in [3.8, 4) is 11.6 Å². The van der Waals surface area contributed by atoms with Crippen LogP contribution in [-0.2, 0) is 13.2 Å². The van der Waals surface area contributed by atoms with Gasteiger partial charge >= 0.3 is 12.1 Å². The van der Waals surface area contributed by atoms with Gasteiger partial charge in [-0.25, -0.2) is 9.67 Å². The second-order valence-electron chi connectivity index (χ2n) is 5.84. The average Bonchev–Trinajstić information content (AvgIpc) is 3.11. The van der Waals surface area contributed by atoms with Gasteiger partial charge in [0.1, 0.15) is 0 Å². The lowest BCUT2D eigenvalue weighted by Crippen LogP contribution is -2.30. The molecule has 2 heterocycles. The zero-order chi connectivity index (χ0) is 19.1. The first-order chi connectivity index (χ1) is 12.1. The minimum Gasteiger partial charge on any atom is -0.437 e. The molecule has 0 saturated carbocycles. The van der Waals surface area contributed by atoms with Crippen molar-refractivity contribution in [1.82, 2.24) is 20.1 Å². The van der Waals surface area contributed by atoms with Crippen LogP contribution >= 0.6 is 0 Å². The molecule has 0 unspecified atom stereocenters. The van der Waals surface area contributed by atoms with E-state index in [-0.39, 0.29) is 34.7 Å². The molecule has 0 spiro atoms. The van der Waals surface area contributed by atoms with Crippen LogP contribution in [0.2, 0.25) is 0 Å². The summed E-state index contributed by atoms with van der Waals surface area (Å²) in [5.41, 5.74) is -0.579. The van der Waals surface area contributed by atoms with Gasteiger partial charge in [0.05, 0.1) is 0 Å². The van der Waals surface area contributed by atoms with Gasteiger partial charge in [-0.1, -0.05) is 6.07 Å². The number of alkyl halides is 3. The largest absolute Gasteiger partial charge is 0.437 e. The van der Waals surface area contributed by atoms with Crippen molar-refractivity contribution < 1.29 is 27.1 Å². The van der Waals surface area contributed by atoms with Gasteiger partial charge in [0.25, 0.3) is 5.89 Å². The quantitative estimate of drug-likeness (QED) is 0.762. The number of carbonyl (C=O) groups excluding carboxylic acids is 1. The van der Waals surface area contributed by atoms with Crippen LogP contribution in [0.25, 0.3) is 11.1 Å². The summed E-state index contributed by atoms with van der Waals surface area (Å²) in [6.45, 7) is 3.57.